The van der Waals surface area contributed by atoms with Gasteiger partial charge in [-0.1, -0.05) is 18.2 Å². The van der Waals surface area contributed by atoms with Gasteiger partial charge in [-0.3, -0.25) is 19.0 Å². The zero-order valence-corrected chi connectivity index (χ0v) is 18.1. The van der Waals surface area contributed by atoms with Crippen LogP contribution in [-0.2, 0) is 22.7 Å². The molecule has 158 valence electrons. The van der Waals surface area contributed by atoms with Gasteiger partial charge in [-0.2, -0.15) is 10.2 Å². The van der Waals surface area contributed by atoms with E-state index in [9.17, 15) is 9.59 Å². The number of nitrogens with one attached hydrogen (secondary N) is 2. The van der Waals surface area contributed by atoms with E-state index in [1.54, 1.807) is 6.20 Å². The molecule has 1 aromatic carbocycles. The number of anilines is 1. The highest BCUT2D eigenvalue weighted by Gasteiger charge is 2.12. The molecular formula is C21H26N6O2S. The molecule has 1 atom stereocenters. The Morgan fingerprint density at radius 1 is 1.17 bits per heavy atom. The number of nitrogens with zero attached hydrogens (tertiary/aromatic N) is 4. The lowest BCUT2D eigenvalue weighted by atomic mass is 10.3. The van der Waals surface area contributed by atoms with Crippen molar-refractivity contribution in [1.82, 2.24) is 24.9 Å². The van der Waals surface area contributed by atoms with Gasteiger partial charge in [-0.25, -0.2) is 0 Å². The normalized spacial score (nSPS) is 11.8. The van der Waals surface area contributed by atoms with Crippen molar-refractivity contribution < 1.29 is 9.59 Å². The molecule has 0 fully saturated rings. The van der Waals surface area contributed by atoms with Gasteiger partial charge in [0.15, 0.2) is 0 Å². The summed E-state index contributed by atoms with van der Waals surface area (Å²) in [5, 5.41) is 14.3. The molecule has 1 unspecified atom stereocenters. The molecule has 0 saturated heterocycles. The molecule has 8 nitrogen and oxygen atoms in total. The smallest absolute Gasteiger partial charge is 0.242 e. The summed E-state index contributed by atoms with van der Waals surface area (Å²) in [5.74, 6) is 0.0375. The number of aryl methyl sites for hydroxylation is 2. The van der Waals surface area contributed by atoms with Crippen molar-refractivity contribution in [3.8, 4) is 0 Å². The summed E-state index contributed by atoms with van der Waals surface area (Å²) in [6.07, 6.45) is 3.19. The zero-order valence-electron chi connectivity index (χ0n) is 17.3. The largest absolute Gasteiger partial charge is 0.350 e. The van der Waals surface area contributed by atoms with Crippen molar-refractivity contribution >= 4 is 29.3 Å². The van der Waals surface area contributed by atoms with E-state index in [2.05, 4.69) is 20.8 Å². The van der Waals surface area contributed by atoms with Gasteiger partial charge in [0.25, 0.3) is 0 Å². The highest BCUT2D eigenvalue weighted by molar-refractivity contribution is 8.00. The first kappa shape index (κ1) is 21.6. The SMILES string of the molecule is Cc1cc(C)n(CC(C)NC(=O)Cn2cc(NC(=O)CSc3ccccc3)cn2)n1. The van der Waals surface area contributed by atoms with E-state index in [1.165, 1.54) is 22.6 Å². The van der Waals surface area contributed by atoms with Gasteiger partial charge in [0.1, 0.15) is 6.54 Å². The molecule has 0 radical (unpaired) electrons. The van der Waals surface area contributed by atoms with Crippen molar-refractivity contribution in [2.75, 3.05) is 11.1 Å². The summed E-state index contributed by atoms with van der Waals surface area (Å²) in [6, 6.07) is 11.7. The quantitative estimate of drug-likeness (QED) is 0.513. The van der Waals surface area contributed by atoms with Crippen molar-refractivity contribution in [3.05, 3.63) is 60.2 Å². The van der Waals surface area contributed by atoms with Gasteiger partial charge in [0, 0.05) is 22.8 Å². The number of carbonyl (C=O) groups is 2. The van der Waals surface area contributed by atoms with Gasteiger partial charge >= 0.3 is 0 Å². The second kappa shape index (κ2) is 10.1. The molecule has 2 amide bonds. The Hall–Kier alpha value is -3.07. The van der Waals surface area contributed by atoms with Gasteiger partial charge in [0.05, 0.1) is 29.9 Å². The Morgan fingerprint density at radius 2 is 1.93 bits per heavy atom. The first-order valence-corrected chi connectivity index (χ1v) is 10.7. The molecule has 0 aliphatic heterocycles. The monoisotopic (exact) mass is 426 g/mol. The third-order valence-corrected chi connectivity index (χ3v) is 5.31. The Kier molecular flexibility index (Phi) is 7.29. The molecule has 2 aromatic heterocycles. The summed E-state index contributed by atoms with van der Waals surface area (Å²) in [4.78, 5) is 25.4. The minimum Gasteiger partial charge on any atom is -0.350 e. The molecule has 30 heavy (non-hydrogen) atoms. The van der Waals surface area contributed by atoms with Gasteiger partial charge in [-0.05, 0) is 39.0 Å². The number of carbonyl (C=O) groups excluding carboxylic acids is 2. The summed E-state index contributed by atoms with van der Waals surface area (Å²) in [5.41, 5.74) is 2.59. The van der Waals surface area contributed by atoms with E-state index in [0.29, 0.717) is 18.0 Å². The van der Waals surface area contributed by atoms with Crippen molar-refractivity contribution in [2.24, 2.45) is 0 Å². The standard InChI is InChI=1S/C21H26N6O2S/c1-15-9-17(3)27(25-15)11-16(2)23-20(28)13-26-12-18(10-22-26)24-21(29)14-30-19-7-5-4-6-8-19/h4-10,12,16H,11,13-14H2,1-3H3,(H,23,28)(H,24,29). The van der Waals surface area contributed by atoms with E-state index in [0.717, 1.165) is 16.3 Å². The first-order chi connectivity index (χ1) is 14.4. The summed E-state index contributed by atoms with van der Waals surface area (Å²) >= 11 is 1.46. The predicted molar refractivity (Wildman–Crippen MR) is 117 cm³/mol. The van der Waals surface area contributed by atoms with Crippen LogP contribution in [0.4, 0.5) is 5.69 Å². The molecule has 0 spiro atoms. The van der Waals surface area contributed by atoms with Crippen LogP contribution >= 0.6 is 11.8 Å². The molecular weight excluding hydrogens is 400 g/mol. The maximum Gasteiger partial charge on any atom is 0.242 e. The van der Waals surface area contributed by atoms with Crippen LogP contribution in [0, 0.1) is 13.8 Å². The van der Waals surface area contributed by atoms with Crippen LogP contribution in [0.1, 0.15) is 18.3 Å². The maximum atomic E-state index is 12.3. The summed E-state index contributed by atoms with van der Waals surface area (Å²) in [6.45, 7) is 6.56. The number of benzene rings is 1. The van der Waals surface area contributed by atoms with Crippen molar-refractivity contribution in [3.63, 3.8) is 0 Å². The summed E-state index contributed by atoms with van der Waals surface area (Å²) in [7, 11) is 0. The molecule has 0 saturated carbocycles. The van der Waals surface area contributed by atoms with Gasteiger partial charge in [-0.15, -0.1) is 11.8 Å². The fourth-order valence-electron chi connectivity index (χ4n) is 3.01. The minimum atomic E-state index is -0.148. The molecule has 0 bridgehead atoms. The van der Waals surface area contributed by atoms with E-state index in [-0.39, 0.29) is 24.4 Å². The number of rotatable bonds is 9. The third-order valence-electron chi connectivity index (χ3n) is 4.29. The first-order valence-electron chi connectivity index (χ1n) is 9.69. The Labute approximate surface area is 180 Å². The Bertz CT molecular complexity index is 998. The van der Waals surface area contributed by atoms with Crippen LogP contribution in [0.3, 0.4) is 0 Å². The van der Waals surface area contributed by atoms with Crippen molar-refractivity contribution in [2.45, 2.75) is 44.8 Å². The van der Waals surface area contributed by atoms with Crippen LogP contribution < -0.4 is 10.6 Å². The van der Waals surface area contributed by atoms with Gasteiger partial charge < -0.3 is 10.6 Å². The molecule has 2 N–H and O–H groups in total. The number of amides is 2. The highest BCUT2D eigenvalue weighted by atomic mass is 32.2. The second-order valence-corrected chi connectivity index (χ2v) is 8.20. The zero-order chi connectivity index (χ0) is 21.5. The lowest BCUT2D eigenvalue weighted by molar-refractivity contribution is -0.122. The fourth-order valence-corrected chi connectivity index (χ4v) is 3.73. The van der Waals surface area contributed by atoms with Crippen LogP contribution in [0.25, 0.3) is 0 Å². The number of aromatic nitrogens is 4. The van der Waals surface area contributed by atoms with E-state index in [1.807, 2.05) is 61.9 Å². The van der Waals surface area contributed by atoms with Crippen LogP contribution in [0.5, 0.6) is 0 Å². The van der Waals surface area contributed by atoms with E-state index in [4.69, 9.17) is 0 Å². The average Bonchev–Trinajstić information content (AvgIpc) is 3.25. The van der Waals surface area contributed by atoms with E-state index >= 15 is 0 Å². The molecule has 2 heterocycles. The Morgan fingerprint density at radius 3 is 2.63 bits per heavy atom. The molecule has 3 aromatic rings. The highest BCUT2D eigenvalue weighted by Crippen LogP contribution is 2.17. The molecule has 3 rings (SSSR count). The lowest BCUT2D eigenvalue weighted by Gasteiger charge is -2.15. The molecule has 0 aliphatic rings. The van der Waals surface area contributed by atoms with Crippen LogP contribution in [0.15, 0.2) is 53.7 Å². The maximum absolute atomic E-state index is 12.3. The predicted octanol–water partition coefficient (Wildman–Crippen LogP) is 2.63. The fraction of sp³-hybridized carbons (Fsp3) is 0.333. The molecule has 0 aliphatic carbocycles. The average molecular weight is 427 g/mol. The third kappa shape index (κ3) is 6.48. The van der Waals surface area contributed by atoms with E-state index < -0.39 is 0 Å². The summed E-state index contributed by atoms with van der Waals surface area (Å²) < 4.78 is 3.39. The lowest BCUT2D eigenvalue weighted by Crippen LogP contribution is -2.38. The number of hydrogen-bond acceptors (Lipinski definition) is 5. The minimum absolute atomic E-state index is 0.0692. The molecule has 9 heteroatoms. The van der Waals surface area contributed by atoms with Crippen LogP contribution in [-0.4, -0.2) is 43.2 Å². The topological polar surface area (TPSA) is 93.8 Å². The Balaban J connectivity index is 1.43. The van der Waals surface area contributed by atoms with Crippen molar-refractivity contribution in [1.29, 1.82) is 0 Å². The van der Waals surface area contributed by atoms with Crippen LogP contribution in [0.2, 0.25) is 0 Å². The van der Waals surface area contributed by atoms with Gasteiger partial charge in [0.2, 0.25) is 11.8 Å². The number of thioether (sulfide) groups is 1. The number of hydrogen-bond donors (Lipinski definition) is 2. The second-order valence-electron chi connectivity index (χ2n) is 7.15.